The van der Waals surface area contributed by atoms with Crippen LogP contribution >= 0.6 is 22.7 Å². The molecule has 4 aromatic rings. The number of anilines is 1. The Balaban J connectivity index is 1.67. The first-order valence-corrected chi connectivity index (χ1v) is 9.71. The number of hydrogen-bond acceptors (Lipinski definition) is 5. The predicted octanol–water partition coefficient (Wildman–Crippen LogP) is 3.68. The zero-order chi connectivity index (χ0) is 18.1. The maximum absolute atomic E-state index is 12.7. The van der Waals surface area contributed by atoms with Gasteiger partial charge in [-0.3, -0.25) is 10.1 Å². The first-order chi connectivity index (χ1) is 12.7. The SMILES string of the molecule is C=c1cccc/c1=C/C(=C\C)C(=O)Nc1nc2ccc3scnc3c2s1. The van der Waals surface area contributed by atoms with Crippen molar-refractivity contribution >= 4 is 66.8 Å². The molecule has 0 aliphatic carbocycles. The van der Waals surface area contributed by atoms with Crippen LogP contribution in [0.2, 0.25) is 0 Å². The Morgan fingerprint density at radius 2 is 2.08 bits per heavy atom. The van der Waals surface area contributed by atoms with Crippen molar-refractivity contribution in [3.8, 4) is 0 Å². The maximum atomic E-state index is 12.7. The molecular weight excluding hydrogens is 362 g/mol. The lowest BCUT2D eigenvalue weighted by Crippen LogP contribution is -2.24. The zero-order valence-corrected chi connectivity index (χ0v) is 15.7. The highest BCUT2D eigenvalue weighted by atomic mass is 32.1. The second kappa shape index (κ2) is 6.82. The normalized spacial score (nSPS) is 12.8. The van der Waals surface area contributed by atoms with Gasteiger partial charge in [0.05, 0.1) is 20.4 Å². The Morgan fingerprint density at radius 1 is 1.23 bits per heavy atom. The van der Waals surface area contributed by atoms with E-state index in [4.69, 9.17) is 0 Å². The van der Waals surface area contributed by atoms with E-state index in [9.17, 15) is 4.79 Å². The summed E-state index contributed by atoms with van der Waals surface area (Å²) >= 11 is 3.04. The van der Waals surface area contributed by atoms with Crippen molar-refractivity contribution in [2.45, 2.75) is 6.92 Å². The van der Waals surface area contributed by atoms with E-state index >= 15 is 0 Å². The van der Waals surface area contributed by atoms with Gasteiger partial charge < -0.3 is 0 Å². The van der Waals surface area contributed by atoms with E-state index in [1.165, 1.54) is 11.3 Å². The number of thiazole rings is 2. The number of amides is 1. The smallest absolute Gasteiger partial charge is 0.257 e. The quantitative estimate of drug-likeness (QED) is 0.554. The first kappa shape index (κ1) is 16.6. The van der Waals surface area contributed by atoms with Crippen LogP contribution in [0.15, 0.2) is 53.6 Å². The fourth-order valence-corrected chi connectivity index (χ4v) is 4.37. The van der Waals surface area contributed by atoms with Crippen LogP contribution in [0.25, 0.3) is 33.1 Å². The van der Waals surface area contributed by atoms with Gasteiger partial charge in [-0.1, -0.05) is 48.3 Å². The highest BCUT2D eigenvalue weighted by molar-refractivity contribution is 7.24. The monoisotopic (exact) mass is 377 g/mol. The molecule has 0 aliphatic heterocycles. The van der Waals surface area contributed by atoms with E-state index in [0.29, 0.717) is 10.7 Å². The summed E-state index contributed by atoms with van der Waals surface area (Å²) in [6.45, 7) is 5.84. The number of nitrogens with zero attached hydrogens (tertiary/aromatic N) is 2. The van der Waals surface area contributed by atoms with E-state index < -0.39 is 0 Å². The molecule has 128 valence electrons. The van der Waals surface area contributed by atoms with Crippen LogP contribution in [0, 0.1) is 0 Å². The van der Waals surface area contributed by atoms with E-state index in [2.05, 4.69) is 21.9 Å². The third-order valence-electron chi connectivity index (χ3n) is 4.02. The Hall–Kier alpha value is -2.83. The Labute approximate surface area is 157 Å². The van der Waals surface area contributed by atoms with Gasteiger partial charge in [-0.25, -0.2) is 9.97 Å². The molecule has 4 rings (SSSR count). The summed E-state index contributed by atoms with van der Waals surface area (Å²) in [4.78, 5) is 21.6. The number of nitrogens with one attached hydrogen (secondary N) is 1. The van der Waals surface area contributed by atoms with Crippen LogP contribution in [-0.4, -0.2) is 15.9 Å². The number of aromatic nitrogens is 2. The molecular formula is C20H15N3OS2. The number of fused-ring (bicyclic) bond motifs is 3. The molecule has 0 atom stereocenters. The lowest BCUT2D eigenvalue weighted by atomic mass is 10.1. The molecule has 0 spiro atoms. The van der Waals surface area contributed by atoms with E-state index in [-0.39, 0.29) is 5.91 Å². The fraction of sp³-hybridized carbons (Fsp3) is 0.0500. The largest absolute Gasteiger partial charge is 0.298 e. The lowest BCUT2D eigenvalue weighted by Gasteiger charge is -2.02. The minimum absolute atomic E-state index is 0.190. The van der Waals surface area contributed by atoms with Gasteiger partial charge >= 0.3 is 0 Å². The minimum atomic E-state index is -0.190. The molecule has 1 N–H and O–H groups in total. The second-order valence-electron chi connectivity index (χ2n) is 5.67. The van der Waals surface area contributed by atoms with Crippen LogP contribution < -0.4 is 15.8 Å². The third kappa shape index (κ3) is 3.05. The van der Waals surface area contributed by atoms with Crippen molar-refractivity contribution in [2.24, 2.45) is 0 Å². The second-order valence-corrected chi connectivity index (χ2v) is 7.56. The summed E-state index contributed by atoms with van der Waals surface area (Å²) in [5.41, 5.74) is 4.18. The average molecular weight is 377 g/mol. The zero-order valence-electron chi connectivity index (χ0n) is 14.0. The molecule has 1 amide bonds. The van der Waals surface area contributed by atoms with Gasteiger partial charge in [0.15, 0.2) is 5.13 Å². The predicted molar refractivity (Wildman–Crippen MR) is 111 cm³/mol. The summed E-state index contributed by atoms with van der Waals surface area (Å²) in [5.74, 6) is -0.190. The van der Waals surface area contributed by atoms with E-state index in [1.54, 1.807) is 17.4 Å². The van der Waals surface area contributed by atoms with Crippen LogP contribution in [0.3, 0.4) is 0 Å². The Bertz CT molecular complexity index is 1270. The molecule has 26 heavy (non-hydrogen) atoms. The number of rotatable bonds is 3. The molecule has 0 aliphatic rings. The molecule has 0 unspecified atom stereocenters. The van der Waals surface area contributed by atoms with Crippen molar-refractivity contribution in [1.29, 1.82) is 0 Å². The fourth-order valence-electron chi connectivity index (χ4n) is 2.66. The van der Waals surface area contributed by atoms with Gasteiger partial charge in [-0.05, 0) is 35.6 Å². The topological polar surface area (TPSA) is 54.9 Å². The number of allylic oxidation sites excluding steroid dienone is 1. The molecule has 0 saturated carbocycles. The molecule has 4 nitrogen and oxygen atoms in total. The Morgan fingerprint density at radius 3 is 2.88 bits per heavy atom. The van der Waals surface area contributed by atoms with Crippen molar-refractivity contribution in [3.05, 3.63) is 64.0 Å². The van der Waals surface area contributed by atoms with Gasteiger partial charge in [-0.15, -0.1) is 11.3 Å². The molecule has 0 bridgehead atoms. The third-order valence-corrected chi connectivity index (χ3v) is 5.80. The summed E-state index contributed by atoms with van der Waals surface area (Å²) in [7, 11) is 0. The lowest BCUT2D eigenvalue weighted by molar-refractivity contribution is -0.112. The maximum Gasteiger partial charge on any atom is 0.257 e. The minimum Gasteiger partial charge on any atom is -0.298 e. The summed E-state index contributed by atoms with van der Waals surface area (Å²) in [6.07, 6.45) is 3.62. The van der Waals surface area contributed by atoms with Crippen LogP contribution in [-0.2, 0) is 4.79 Å². The highest BCUT2D eigenvalue weighted by Crippen LogP contribution is 2.33. The molecule has 2 aromatic heterocycles. The average Bonchev–Trinajstić information content (AvgIpc) is 3.26. The molecule has 2 aromatic carbocycles. The van der Waals surface area contributed by atoms with Gasteiger partial charge in [0.25, 0.3) is 5.91 Å². The highest BCUT2D eigenvalue weighted by Gasteiger charge is 2.13. The summed E-state index contributed by atoms with van der Waals surface area (Å²) in [6, 6.07) is 11.7. The molecule has 0 fully saturated rings. The molecule has 0 saturated heterocycles. The molecule has 0 radical (unpaired) electrons. The van der Waals surface area contributed by atoms with Crippen LogP contribution in [0.1, 0.15) is 6.92 Å². The van der Waals surface area contributed by atoms with E-state index in [1.807, 2.05) is 54.9 Å². The van der Waals surface area contributed by atoms with Crippen molar-refractivity contribution in [2.75, 3.05) is 5.32 Å². The molecule has 6 heteroatoms. The summed E-state index contributed by atoms with van der Waals surface area (Å²) < 4.78 is 2.11. The number of benzene rings is 2. The van der Waals surface area contributed by atoms with Crippen LogP contribution in [0.5, 0.6) is 0 Å². The number of carbonyl (C=O) groups excluding carboxylic acids is 1. The van der Waals surface area contributed by atoms with Crippen molar-refractivity contribution < 1.29 is 4.79 Å². The first-order valence-electron chi connectivity index (χ1n) is 8.02. The number of hydrogen-bond donors (Lipinski definition) is 1. The van der Waals surface area contributed by atoms with Gasteiger partial charge in [-0.2, -0.15) is 0 Å². The van der Waals surface area contributed by atoms with Gasteiger partial charge in [0.1, 0.15) is 5.52 Å². The van der Waals surface area contributed by atoms with Crippen LogP contribution in [0.4, 0.5) is 5.13 Å². The molecule has 2 heterocycles. The van der Waals surface area contributed by atoms with E-state index in [0.717, 1.165) is 30.9 Å². The van der Waals surface area contributed by atoms with Gasteiger partial charge in [0.2, 0.25) is 0 Å². The van der Waals surface area contributed by atoms with Gasteiger partial charge in [0, 0.05) is 5.57 Å². The number of carbonyl (C=O) groups is 1. The summed E-state index contributed by atoms with van der Waals surface area (Å²) in [5, 5.41) is 5.27. The Kier molecular flexibility index (Phi) is 4.36. The van der Waals surface area contributed by atoms with Crippen molar-refractivity contribution in [3.63, 3.8) is 0 Å². The standard InChI is InChI=1S/C20H15N3OS2/c1-3-13(10-14-7-5-4-6-12(14)2)19(24)23-20-22-15-8-9-16-17(18(15)26-20)21-11-25-16/h3-11H,2H2,1H3,(H,22,23,24)/b13-3+,14-10-. The van der Waals surface area contributed by atoms with Crippen molar-refractivity contribution in [1.82, 2.24) is 9.97 Å².